The standard InChI is InChI=1S/C11H12N4OS/c16-4-3-13-11(17)15-9-1-2-10-8(5-9)6-12-7-14-10/h1-2,5-7,16H,3-4H2,(H2,13,15,17). The van der Waals surface area contributed by atoms with Crippen LogP contribution in [0.2, 0.25) is 0 Å². The van der Waals surface area contributed by atoms with E-state index in [0.717, 1.165) is 16.6 Å². The number of hydrogen-bond donors (Lipinski definition) is 3. The van der Waals surface area contributed by atoms with Crippen molar-refractivity contribution in [1.82, 2.24) is 15.3 Å². The fraction of sp³-hybridized carbons (Fsp3) is 0.182. The van der Waals surface area contributed by atoms with Crippen LogP contribution in [-0.4, -0.2) is 33.3 Å². The monoisotopic (exact) mass is 248 g/mol. The minimum absolute atomic E-state index is 0.0490. The molecule has 1 heterocycles. The third-order valence-corrected chi connectivity index (χ3v) is 2.41. The van der Waals surface area contributed by atoms with Gasteiger partial charge in [0.1, 0.15) is 6.33 Å². The lowest BCUT2D eigenvalue weighted by molar-refractivity contribution is 0.301. The van der Waals surface area contributed by atoms with E-state index in [1.807, 2.05) is 18.2 Å². The maximum atomic E-state index is 8.66. The maximum Gasteiger partial charge on any atom is 0.170 e. The molecule has 0 aliphatic rings. The highest BCUT2D eigenvalue weighted by Crippen LogP contribution is 2.15. The van der Waals surface area contributed by atoms with Crippen LogP contribution < -0.4 is 10.6 Å². The number of nitrogens with one attached hydrogen (secondary N) is 2. The minimum Gasteiger partial charge on any atom is -0.395 e. The number of fused-ring (bicyclic) bond motifs is 1. The van der Waals surface area contributed by atoms with Gasteiger partial charge >= 0.3 is 0 Å². The average molecular weight is 248 g/mol. The van der Waals surface area contributed by atoms with Crippen molar-refractivity contribution in [1.29, 1.82) is 0 Å². The van der Waals surface area contributed by atoms with Gasteiger partial charge in [-0.2, -0.15) is 0 Å². The molecule has 1 aromatic carbocycles. The van der Waals surface area contributed by atoms with Gasteiger partial charge in [-0.05, 0) is 30.4 Å². The molecule has 0 spiro atoms. The molecule has 88 valence electrons. The van der Waals surface area contributed by atoms with Crippen molar-refractivity contribution in [2.75, 3.05) is 18.5 Å². The van der Waals surface area contributed by atoms with Gasteiger partial charge in [0, 0.05) is 23.8 Å². The molecule has 2 rings (SSSR count). The molecule has 2 aromatic rings. The van der Waals surface area contributed by atoms with Crippen LogP contribution in [0.25, 0.3) is 10.9 Å². The Bertz CT molecular complexity index is 532. The molecule has 0 aliphatic carbocycles. The van der Waals surface area contributed by atoms with E-state index in [2.05, 4.69) is 20.6 Å². The van der Waals surface area contributed by atoms with Gasteiger partial charge in [0.15, 0.2) is 5.11 Å². The number of aliphatic hydroxyl groups excluding tert-OH is 1. The summed E-state index contributed by atoms with van der Waals surface area (Å²) in [4.78, 5) is 8.09. The summed E-state index contributed by atoms with van der Waals surface area (Å²) < 4.78 is 0. The van der Waals surface area contributed by atoms with Crippen molar-refractivity contribution in [3.05, 3.63) is 30.7 Å². The Hall–Kier alpha value is -1.79. The molecule has 0 unspecified atom stereocenters. The van der Waals surface area contributed by atoms with Crippen LogP contribution in [0.4, 0.5) is 5.69 Å². The number of anilines is 1. The quantitative estimate of drug-likeness (QED) is 0.701. The number of nitrogens with zero attached hydrogens (tertiary/aromatic N) is 2. The van der Waals surface area contributed by atoms with Crippen molar-refractivity contribution < 1.29 is 5.11 Å². The predicted octanol–water partition coefficient (Wildman–Crippen LogP) is 0.908. The normalized spacial score (nSPS) is 10.2. The minimum atomic E-state index is 0.0490. The molecule has 0 saturated carbocycles. The fourth-order valence-corrected chi connectivity index (χ4v) is 1.63. The summed E-state index contributed by atoms with van der Waals surface area (Å²) in [6.07, 6.45) is 3.26. The summed E-state index contributed by atoms with van der Waals surface area (Å²) in [6.45, 7) is 0.482. The third-order valence-electron chi connectivity index (χ3n) is 2.16. The van der Waals surface area contributed by atoms with Gasteiger partial charge in [-0.25, -0.2) is 9.97 Å². The number of hydrogen-bond acceptors (Lipinski definition) is 4. The zero-order valence-electron chi connectivity index (χ0n) is 9.05. The molecule has 0 fully saturated rings. The van der Waals surface area contributed by atoms with Crippen LogP contribution in [0.1, 0.15) is 0 Å². The number of aliphatic hydroxyl groups is 1. The van der Waals surface area contributed by atoms with Gasteiger partial charge in [0.05, 0.1) is 12.1 Å². The second-order valence-electron chi connectivity index (χ2n) is 3.40. The summed E-state index contributed by atoms with van der Waals surface area (Å²) in [7, 11) is 0. The van der Waals surface area contributed by atoms with Crippen molar-refractivity contribution in [2.24, 2.45) is 0 Å². The van der Waals surface area contributed by atoms with E-state index in [0.29, 0.717) is 11.7 Å². The predicted molar refractivity (Wildman–Crippen MR) is 70.8 cm³/mol. The lowest BCUT2D eigenvalue weighted by Gasteiger charge is -2.09. The largest absolute Gasteiger partial charge is 0.395 e. The summed E-state index contributed by atoms with van der Waals surface area (Å²) in [5, 5.41) is 16.0. The number of benzene rings is 1. The molecule has 6 heteroatoms. The van der Waals surface area contributed by atoms with E-state index in [9.17, 15) is 0 Å². The second kappa shape index (κ2) is 5.51. The van der Waals surface area contributed by atoms with Crippen molar-refractivity contribution in [3.63, 3.8) is 0 Å². The van der Waals surface area contributed by atoms with E-state index < -0.39 is 0 Å². The molecule has 1 aromatic heterocycles. The Kier molecular flexibility index (Phi) is 3.79. The molecular formula is C11H12N4OS. The first-order chi connectivity index (χ1) is 8.29. The second-order valence-corrected chi connectivity index (χ2v) is 3.81. The Labute approximate surface area is 104 Å². The van der Waals surface area contributed by atoms with Gasteiger partial charge in [0.25, 0.3) is 0 Å². The van der Waals surface area contributed by atoms with Gasteiger partial charge in [0.2, 0.25) is 0 Å². The van der Waals surface area contributed by atoms with Gasteiger partial charge in [-0.15, -0.1) is 0 Å². The van der Waals surface area contributed by atoms with E-state index in [1.54, 1.807) is 6.20 Å². The Balaban J connectivity index is 2.11. The number of rotatable bonds is 3. The van der Waals surface area contributed by atoms with Gasteiger partial charge < -0.3 is 15.7 Å². The highest BCUT2D eigenvalue weighted by molar-refractivity contribution is 7.80. The average Bonchev–Trinajstić information content (AvgIpc) is 2.36. The first-order valence-electron chi connectivity index (χ1n) is 5.15. The highest BCUT2D eigenvalue weighted by Gasteiger charge is 1.99. The first-order valence-corrected chi connectivity index (χ1v) is 5.56. The molecular weight excluding hydrogens is 236 g/mol. The van der Waals surface area contributed by atoms with Crippen molar-refractivity contribution in [2.45, 2.75) is 0 Å². The molecule has 0 bridgehead atoms. The molecule has 0 amide bonds. The molecule has 0 saturated heterocycles. The molecule has 3 N–H and O–H groups in total. The molecule has 17 heavy (non-hydrogen) atoms. The van der Waals surface area contributed by atoms with Crippen LogP contribution in [0.15, 0.2) is 30.7 Å². The summed E-state index contributed by atoms with van der Waals surface area (Å²) >= 11 is 5.06. The Morgan fingerprint density at radius 3 is 3.12 bits per heavy atom. The number of thiocarbonyl (C=S) groups is 1. The van der Waals surface area contributed by atoms with Crippen molar-refractivity contribution in [3.8, 4) is 0 Å². The zero-order chi connectivity index (χ0) is 12.1. The first kappa shape index (κ1) is 11.7. The zero-order valence-corrected chi connectivity index (χ0v) is 9.87. The molecule has 5 nitrogen and oxygen atoms in total. The van der Waals surface area contributed by atoms with Crippen LogP contribution in [0.3, 0.4) is 0 Å². The van der Waals surface area contributed by atoms with E-state index in [1.165, 1.54) is 6.33 Å². The summed E-state index contributed by atoms with van der Waals surface area (Å²) in [5.74, 6) is 0. The highest BCUT2D eigenvalue weighted by atomic mass is 32.1. The molecule has 0 atom stereocenters. The van der Waals surface area contributed by atoms with Crippen LogP contribution in [0, 0.1) is 0 Å². The fourth-order valence-electron chi connectivity index (χ4n) is 1.41. The van der Waals surface area contributed by atoms with Crippen LogP contribution >= 0.6 is 12.2 Å². The maximum absolute atomic E-state index is 8.66. The Morgan fingerprint density at radius 2 is 2.29 bits per heavy atom. The topological polar surface area (TPSA) is 70.1 Å². The summed E-state index contributed by atoms with van der Waals surface area (Å²) in [6, 6.07) is 5.71. The SMILES string of the molecule is OCCNC(=S)Nc1ccc2ncncc2c1. The van der Waals surface area contributed by atoms with Gasteiger partial charge in [-0.3, -0.25) is 0 Å². The third kappa shape index (κ3) is 3.08. The molecule has 0 radical (unpaired) electrons. The Morgan fingerprint density at radius 1 is 1.41 bits per heavy atom. The lowest BCUT2D eigenvalue weighted by atomic mass is 10.2. The van der Waals surface area contributed by atoms with E-state index in [4.69, 9.17) is 17.3 Å². The number of aromatic nitrogens is 2. The van der Waals surface area contributed by atoms with Crippen molar-refractivity contribution >= 4 is 33.9 Å². The van der Waals surface area contributed by atoms with Crippen LogP contribution in [-0.2, 0) is 0 Å². The smallest absolute Gasteiger partial charge is 0.170 e. The lowest BCUT2D eigenvalue weighted by Crippen LogP contribution is -2.30. The van der Waals surface area contributed by atoms with Gasteiger partial charge in [-0.1, -0.05) is 0 Å². The molecule has 0 aliphatic heterocycles. The van der Waals surface area contributed by atoms with E-state index >= 15 is 0 Å². The van der Waals surface area contributed by atoms with E-state index in [-0.39, 0.29) is 6.61 Å². The van der Waals surface area contributed by atoms with Crippen LogP contribution in [0.5, 0.6) is 0 Å². The summed E-state index contributed by atoms with van der Waals surface area (Å²) in [5.41, 5.74) is 1.75.